The number of carbonyl (C=O) groups excluding carboxylic acids is 1. The second kappa shape index (κ2) is 7.85. The maximum Gasteiger partial charge on any atom is 0.256 e. The van der Waals surface area contributed by atoms with Gasteiger partial charge in [0.05, 0.1) is 7.11 Å². The Kier molecular flexibility index (Phi) is 5.34. The standard InChI is InChI=1S/C22H21NO3/c1-15-11-12-19(22(25)23-17-8-4-3-5-9-17)20(13-15)21(24)16-7-6-10-18(14-16)26-2/h3-14,21,24H,1-2H3,(H,23,25). The predicted molar refractivity (Wildman–Crippen MR) is 103 cm³/mol. The molecule has 0 bridgehead atoms. The summed E-state index contributed by atoms with van der Waals surface area (Å²) in [5, 5.41) is 13.8. The van der Waals surface area contributed by atoms with E-state index in [0.717, 1.165) is 5.56 Å². The van der Waals surface area contributed by atoms with Crippen LogP contribution in [0.1, 0.15) is 33.2 Å². The van der Waals surface area contributed by atoms with Crippen molar-refractivity contribution in [2.45, 2.75) is 13.0 Å². The number of anilines is 1. The first-order chi connectivity index (χ1) is 12.6. The normalized spacial score (nSPS) is 11.7. The molecule has 4 heteroatoms. The van der Waals surface area contributed by atoms with E-state index in [1.54, 1.807) is 19.2 Å². The number of hydrogen-bond acceptors (Lipinski definition) is 3. The average molecular weight is 347 g/mol. The van der Waals surface area contributed by atoms with Gasteiger partial charge in [0.15, 0.2) is 0 Å². The van der Waals surface area contributed by atoms with E-state index in [9.17, 15) is 9.90 Å². The minimum atomic E-state index is -0.929. The molecule has 1 atom stereocenters. The lowest BCUT2D eigenvalue weighted by Crippen LogP contribution is -2.16. The molecule has 0 aliphatic carbocycles. The molecular weight excluding hydrogens is 326 g/mol. The lowest BCUT2D eigenvalue weighted by atomic mass is 9.94. The van der Waals surface area contributed by atoms with Crippen molar-refractivity contribution in [2.75, 3.05) is 12.4 Å². The first kappa shape index (κ1) is 17.7. The summed E-state index contributed by atoms with van der Waals surface area (Å²) in [5.41, 5.74) is 3.35. The topological polar surface area (TPSA) is 58.6 Å². The van der Waals surface area contributed by atoms with Crippen LogP contribution in [0.4, 0.5) is 5.69 Å². The van der Waals surface area contributed by atoms with Crippen molar-refractivity contribution in [3.05, 3.63) is 95.1 Å². The van der Waals surface area contributed by atoms with E-state index in [-0.39, 0.29) is 5.91 Å². The second-order valence-corrected chi connectivity index (χ2v) is 6.09. The largest absolute Gasteiger partial charge is 0.497 e. The lowest BCUT2D eigenvalue weighted by molar-refractivity contribution is 0.102. The molecule has 0 heterocycles. The molecular formula is C22H21NO3. The number of aliphatic hydroxyl groups is 1. The van der Waals surface area contributed by atoms with Crippen molar-refractivity contribution in [2.24, 2.45) is 0 Å². The Balaban J connectivity index is 1.96. The van der Waals surface area contributed by atoms with E-state index in [1.807, 2.05) is 67.6 Å². The molecule has 3 rings (SSSR count). The van der Waals surface area contributed by atoms with Gasteiger partial charge in [-0.05, 0) is 48.4 Å². The number of rotatable bonds is 5. The molecule has 0 aliphatic heterocycles. The molecule has 0 radical (unpaired) electrons. The van der Waals surface area contributed by atoms with Crippen molar-refractivity contribution < 1.29 is 14.6 Å². The second-order valence-electron chi connectivity index (χ2n) is 6.09. The minimum Gasteiger partial charge on any atom is -0.497 e. The molecule has 0 saturated heterocycles. The highest BCUT2D eigenvalue weighted by Crippen LogP contribution is 2.28. The van der Waals surface area contributed by atoms with Gasteiger partial charge in [-0.1, -0.05) is 48.0 Å². The van der Waals surface area contributed by atoms with Gasteiger partial charge >= 0.3 is 0 Å². The fourth-order valence-corrected chi connectivity index (χ4v) is 2.83. The van der Waals surface area contributed by atoms with Crippen molar-refractivity contribution in [3.8, 4) is 5.75 Å². The zero-order valence-electron chi connectivity index (χ0n) is 14.8. The molecule has 4 nitrogen and oxygen atoms in total. The highest BCUT2D eigenvalue weighted by Gasteiger charge is 2.20. The summed E-state index contributed by atoms with van der Waals surface area (Å²) in [6.45, 7) is 1.93. The molecule has 0 aliphatic rings. The quantitative estimate of drug-likeness (QED) is 0.722. The highest BCUT2D eigenvalue weighted by atomic mass is 16.5. The zero-order valence-corrected chi connectivity index (χ0v) is 14.8. The fraction of sp³-hybridized carbons (Fsp3) is 0.136. The Morgan fingerprint density at radius 1 is 1.00 bits per heavy atom. The number of carbonyl (C=O) groups is 1. The van der Waals surface area contributed by atoms with Crippen LogP contribution >= 0.6 is 0 Å². The minimum absolute atomic E-state index is 0.256. The Bertz CT molecular complexity index is 906. The summed E-state index contributed by atoms with van der Waals surface area (Å²) in [7, 11) is 1.58. The van der Waals surface area contributed by atoms with Crippen LogP contribution in [0.5, 0.6) is 5.75 Å². The van der Waals surface area contributed by atoms with Crippen LogP contribution in [0.15, 0.2) is 72.8 Å². The number of ether oxygens (including phenoxy) is 1. The van der Waals surface area contributed by atoms with E-state index < -0.39 is 6.10 Å². The van der Waals surface area contributed by atoms with Gasteiger partial charge < -0.3 is 15.2 Å². The third-order valence-corrected chi connectivity index (χ3v) is 4.19. The van der Waals surface area contributed by atoms with Crippen LogP contribution in [0.3, 0.4) is 0 Å². The number of nitrogens with one attached hydrogen (secondary N) is 1. The lowest BCUT2D eigenvalue weighted by Gasteiger charge is -2.17. The van der Waals surface area contributed by atoms with Gasteiger partial charge in [-0.25, -0.2) is 0 Å². The molecule has 0 saturated carbocycles. The predicted octanol–water partition coefficient (Wildman–Crippen LogP) is 4.34. The summed E-state index contributed by atoms with van der Waals surface area (Å²) in [4.78, 5) is 12.8. The number of aryl methyl sites for hydroxylation is 1. The van der Waals surface area contributed by atoms with Crippen molar-refractivity contribution in [1.82, 2.24) is 0 Å². The van der Waals surface area contributed by atoms with Gasteiger partial charge in [0, 0.05) is 11.3 Å². The van der Waals surface area contributed by atoms with E-state index >= 15 is 0 Å². The van der Waals surface area contributed by atoms with E-state index in [4.69, 9.17) is 4.74 Å². The van der Waals surface area contributed by atoms with Gasteiger partial charge in [0.1, 0.15) is 11.9 Å². The van der Waals surface area contributed by atoms with Crippen LogP contribution in [0, 0.1) is 6.92 Å². The van der Waals surface area contributed by atoms with Crippen molar-refractivity contribution in [1.29, 1.82) is 0 Å². The monoisotopic (exact) mass is 347 g/mol. The molecule has 3 aromatic rings. The number of amides is 1. The van der Waals surface area contributed by atoms with Crippen LogP contribution in [-0.2, 0) is 0 Å². The Labute approximate surface area is 153 Å². The molecule has 1 unspecified atom stereocenters. The smallest absolute Gasteiger partial charge is 0.256 e. The number of aliphatic hydroxyl groups excluding tert-OH is 1. The summed E-state index contributed by atoms with van der Waals surface area (Å²) in [6.07, 6.45) is -0.929. The molecule has 1 amide bonds. The maximum absolute atomic E-state index is 12.8. The molecule has 26 heavy (non-hydrogen) atoms. The maximum atomic E-state index is 12.8. The Morgan fingerprint density at radius 2 is 1.77 bits per heavy atom. The van der Waals surface area contributed by atoms with Gasteiger partial charge in [-0.2, -0.15) is 0 Å². The molecule has 3 aromatic carbocycles. The summed E-state index contributed by atoms with van der Waals surface area (Å²) in [6, 6.07) is 21.9. The average Bonchev–Trinajstić information content (AvgIpc) is 2.68. The van der Waals surface area contributed by atoms with Crippen LogP contribution in [0.2, 0.25) is 0 Å². The van der Waals surface area contributed by atoms with E-state index in [0.29, 0.717) is 28.1 Å². The molecule has 0 spiro atoms. The van der Waals surface area contributed by atoms with E-state index in [2.05, 4.69) is 5.32 Å². The van der Waals surface area contributed by atoms with Gasteiger partial charge in [0.2, 0.25) is 0 Å². The number of methoxy groups -OCH3 is 1. The number of hydrogen-bond donors (Lipinski definition) is 2. The van der Waals surface area contributed by atoms with Crippen LogP contribution in [-0.4, -0.2) is 18.1 Å². The first-order valence-corrected chi connectivity index (χ1v) is 8.37. The molecule has 0 fully saturated rings. The van der Waals surface area contributed by atoms with Gasteiger partial charge in [-0.15, -0.1) is 0 Å². The van der Waals surface area contributed by atoms with Crippen molar-refractivity contribution in [3.63, 3.8) is 0 Å². The van der Waals surface area contributed by atoms with E-state index in [1.165, 1.54) is 0 Å². The molecule has 0 aromatic heterocycles. The van der Waals surface area contributed by atoms with Crippen molar-refractivity contribution >= 4 is 11.6 Å². The molecule has 132 valence electrons. The fourth-order valence-electron chi connectivity index (χ4n) is 2.83. The Hall–Kier alpha value is -3.11. The van der Waals surface area contributed by atoms with Gasteiger partial charge in [-0.3, -0.25) is 4.79 Å². The summed E-state index contributed by atoms with van der Waals surface area (Å²) >= 11 is 0. The Morgan fingerprint density at radius 3 is 2.50 bits per heavy atom. The van der Waals surface area contributed by atoms with Gasteiger partial charge in [0.25, 0.3) is 5.91 Å². The zero-order chi connectivity index (χ0) is 18.5. The highest BCUT2D eigenvalue weighted by molar-refractivity contribution is 6.05. The SMILES string of the molecule is COc1cccc(C(O)c2cc(C)ccc2C(=O)Nc2ccccc2)c1. The van der Waals surface area contributed by atoms with Crippen LogP contribution < -0.4 is 10.1 Å². The third-order valence-electron chi connectivity index (χ3n) is 4.19. The first-order valence-electron chi connectivity index (χ1n) is 8.37. The third kappa shape index (κ3) is 3.92. The number of para-hydroxylation sites is 1. The molecule has 2 N–H and O–H groups in total. The van der Waals surface area contributed by atoms with Crippen LogP contribution in [0.25, 0.3) is 0 Å². The number of benzene rings is 3. The summed E-state index contributed by atoms with van der Waals surface area (Å²) in [5.74, 6) is 0.401. The summed E-state index contributed by atoms with van der Waals surface area (Å²) < 4.78 is 5.23.